The molecule has 188 valence electrons. The molecule has 0 aliphatic carbocycles. The van der Waals surface area contributed by atoms with Gasteiger partial charge in [-0.3, -0.25) is 4.98 Å². The second-order valence-corrected chi connectivity index (χ2v) is 9.64. The maximum Gasteiger partial charge on any atom is 0.534 e. The number of hydrogen-bond acceptors (Lipinski definition) is 6. The number of alkyl halides is 6. The lowest BCUT2D eigenvalue weighted by molar-refractivity contribution is -0.141. The first-order chi connectivity index (χ1) is 16.1. The minimum atomic E-state index is -5.82. The van der Waals surface area contributed by atoms with E-state index >= 15 is 0 Å². The second-order valence-electron chi connectivity index (χ2n) is 8.10. The molecule has 0 spiro atoms. The third-order valence-corrected chi connectivity index (χ3v) is 6.63. The first kappa shape index (κ1) is 26.4. The standard InChI is InChI=1S/C22H19F6N3O3S/c1-13(2)20(3,18-10-8-16(12-29-18)34-35(32,33)22(26,27)28)15-6-4-14(5-7-15)17-9-11-19(31-30-17)21(23,24)25/h4-13H,1-3H3. The summed E-state index contributed by atoms with van der Waals surface area (Å²) in [5.74, 6) is -0.661. The molecule has 0 aliphatic rings. The predicted molar refractivity (Wildman–Crippen MR) is 114 cm³/mol. The van der Waals surface area contributed by atoms with Crippen molar-refractivity contribution in [2.45, 2.75) is 37.9 Å². The summed E-state index contributed by atoms with van der Waals surface area (Å²) in [7, 11) is -5.82. The molecule has 2 aromatic heterocycles. The molecule has 0 saturated carbocycles. The zero-order valence-electron chi connectivity index (χ0n) is 18.5. The van der Waals surface area contributed by atoms with Crippen LogP contribution in [0.2, 0.25) is 0 Å². The molecule has 1 aromatic carbocycles. The van der Waals surface area contributed by atoms with Crippen LogP contribution in [0.5, 0.6) is 5.75 Å². The number of nitrogens with zero attached hydrogens (tertiary/aromatic N) is 3. The largest absolute Gasteiger partial charge is 0.534 e. The van der Waals surface area contributed by atoms with Gasteiger partial charge in [-0.1, -0.05) is 38.1 Å². The van der Waals surface area contributed by atoms with Gasteiger partial charge in [-0.15, -0.1) is 10.2 Å². The molecule has 3 aromatic rings. The first-order valence-electron chi connectivity index (χ1n) is 10.0. The van der Waals surface area contributed by atoms with E-state index in [9.17, 15) is 34.8 Å². The molecule has 0 N–H and O–H groups in total. The highest BCUT2D eigenvalue weighted by atomic mass is 32.2. The molecule has 0 aliphatic heterocycles. The van der Waals surface area contributed by atoms with Crippen molar-refractivity contribution in [2.24, 2.45) is 5.92 Å². The van der Waals surface area contributed by atoms with Gasteiger partial charge in [0.05, 0.1) is 17.6 Å². The van der Waals surface area contributed by atoms with Crippen LogP contribution < -0.4 is 4.18 Å². The van der Waals surface area contributed by atoms with Crippen LogP contribution in [0.15, 0.2) is 54.7 Å². The van der Waals surface area contributed by atoms with Crippen molar-refractivity contribution in [3.63, 3.8) is 0 Å². The van der Waals surface area contributed by atoms with Crippen molar-refractivity contribution in [2.75, 3.05) is 0 Å². The number of hydrogen-bond donors (Lipinski definition) is 0. The van der Waals surface area contributed by atoms with Crippen LogP contribution in [0.4, 0.5) is 26.3 Å². The Labute approximate surface area is 197 Å². The number of halogens is 6. The Bertz CT molecular complexity index is 1270. The Morgan fingerprint density at radius 3 is 1.86 bits per heavy atom. The van der Waals surface area contributed by atoms with Crippen LogP contribution in [0.25, 0.3) is 11.3 Å². The Morgan fingerprint density at radius 2 is 1.43 bits per heavy atom. The molecular weight excluding hydrogens is 500 g/mol. The van der Waals surface area contributed by atoms with Gasteiger partial charge in [0.25, 0.3) is 0 Å². The van der Waals surface area contributed by atoms with Crippen molar-refractivity contribution >= 4 is 10.1 Å². The van der Waals surface area contributed by atoms with Gasteiger partial charge in [0, 0.05) is 11.0 Å². The van der Waals surface area contributed by atoms with E-state index in [-0.39, 0.29) is 11.6 Å². The highest BCUT2D eigenvalue weighted by Crippen LogP contribution is 2.39. The molecule has 6 nitrogen and oxygen atoms in total. The van der Waals surface area contributed by atoms with Crippen LogP contribution in [-0.2, 0) is 21.7 Å². The van der Waals surface area contributed by atoms with Crippen molar-refractivity contribution in [1.29, 1.82) is 0 Å². The van der Waals surface area contributed by atoms with Crippen LogP contribution in [0, 0.1) is 5.92 Å². The van der Waals surface area contributed by atoms with Crippen LogP contribution in [0.3, 0.4) is 0 Å². The Morgan fingerprint density at radius 1 is 0.829 bits per heavy atom. The summed E-state index contributed by atoms with van der Waals surface area (Å²) in [6.07, 6.45) is -3.70. The van der Waals surface area contributed by atoms with Gasteiger partial charge in [-0.25, -0.2) is 0 Å². The predicted octanol–water partition coefficient (Wildman–Crippen LogP) is 5.75. The van der Waals surface area contributed by atoms with Crippen LogP contribution in [0.1, 0.15) is 37.7 Å². The fourth-order valence-corrected chi connectivity index (χ4v) is 3.76. The minimum Gasteiger partial charge on any atom is -0.374 e. The Hall–Kier alpha value is -3.22. The van der Waals surface area contributed by atoms with Gasteiger partial charge in [-0.2, -0.15) is 34.8 Å². The number of aromatic nitrogens is 3. The average molecular weight is 519 g/mol. The summed E-state index contributed by atoms with van der Waals surface area (Å²) in [5, 5.41) is 6.84. The maximum atomic E-state index is 12.7. The van der Waals surface area contributed by atoms with Crippen molar-refractivity contribution in [3.05, 3.63) is 71.7 Å². The molecule has 13 heteroatoms. The number of rotatable bonds is 6. The van der Waals surface area contributed by atoms with E-state index in [0.29, 0.717) is 11.3 Å². The van der Waals surface area contributed by atoms with Crippen LogP contribution >= 0.6 is 0 Å². The van der Waals surface area contributed by atoms with Gasteiger partial charge in [0.1, 0.15) is 0 Å². The fourth-order valence-electron chi connectivity index (χ4n) is 3.31. The highest BCUT2D eigenvalue weighted by Gasteiger charge is 2.48. The molecule has 0 bridgehead atoms. The number of pyridine rings is 1. The lowest BCUT2D eigenvalue weighted by atomic mass is 9.70. The van der Waals surface area contributed by atoms with Gasteiger partial charge in [-0.05, 0) is 42.7 Å². The molecule has 35 heavy (non-hydrogen) atoms. The quantitative estimate of drug-likeness (QED) is 0.234. The molecule has 1 unspecified atom stereocenters. The summed E-state index contributed by atoms with van der Waals surface area (Å²) >= 11 is 0. The lowest BCUT2D eigenvalue weighted by Crippen LogP contribution is -2.31. The molecule has 0 radical (unpaired) electrons. The zero-order chi connectivity index (χ0) is 26.2. The summed E-state index contributed by atoms with van der Waals surface area (Å²) in [6, 6.07) is 11.3. The monoisotopic (exact) mass is 519 g/mol. The average Bonchev–Trinajstić information content (AvgIpc) is 2.77. The Kier molecular flexibility index (Phi) is 6.86. The van der Waals surface area contributed by atoms with Crippen LogP contribution in [-0.4, -0.2) is 29.1 Å². The van der Waals surface area contributed by atoms with E-state index in [4.69, 9.17) is 0 Å². The van der Waals surface area contributed by atoms with E-state index in [1.807, 2.05) is 20.8 Å². The Balaban J connectivity index is 1.90. The summed E-state index contributed by atoms with van der Waals surface area (Å²) in [6.45, 7) is 5.64. The van der Waals surface area contributed by atoms with E-state index in [0.717, 1.165) is 23.9 Å². The molecule has 3 rings (SSSR count). The van der Waals surface area contributed by atoms with Gasteiger partial charge < -0.3 is 4.18 Å². The van der Waals surface area contributed by atoms with E-state index in [1.54, 1.807) is 24.3 Å². The second kappa shape index (κ2) is 9.10. The third kappa shape index (κ3) is 5.39. The van der Waals surface area contributed by atoms with Crippen molar-refractivity contribution < 1.29 is 38.9 Å². The minimum absolute atomic E-state index is 0.0719. The highest BCUT2D eigenvalue weighted by molar-refractivity contribution is 7.88. The maximum absolute atomic E-state index is 12.7. The summed E-state index contributed by atoms with van der Waals surface area (Å²) < 4.78 is 102. The molecule has 0 amide bonds. The third-order valence-electron chi connectivity index (χ3n) is 5.65. The van der Waals surface area contributed by atoms with E-state index in [2.05, 4.69) is 19.4 Å². The molecule has 0 saturated heterocycles. The zero-order valence-corrected chi connectivity index (χ0v) is 19.3. The molecule has 1 atom stereocenters. The first-order valence-corrected chi connectivity index (χ1v) is 11.5. The molecular formula is C22H19F6N3O3S. The normalized spacial score (nSPS) is 14.6. The van der Waals surface area contributed by atoms with Crippen molar-refractivity contribution in [1.82, 2.24) is 15.2 Å². The SMILES string of the molecule is CC(C)C(C)(c1ccc(-c2ccc(C(F)(F)F)nn2)cc1)c1ccc(OS(=O)(=O)C(F)(F)F)cn1. The molecule has 0 fully saturated rings. The van der Waals surface area contributed by atoms with Crippen molar-refractivity contribution in [3.8, 4) is 17.0 Å². The lowest BCUT2D eigenvalue weighted by Gasteiger charge is -2.34. The summed E-state index contributed by atoms with van der Waals surface area (Å²) in [5.41, 5.74) is -5.49. The van der Waals surface area contributed by atoms with Gasteiger partial charge in [0.15, 0.2) is 11.4 Å². The van der Waals surface area contributed by atoms with Gasteiger partial charge in [0.2, 0.25) is 0 Å². The summed E-state index contributed by atoms with van der Waals surface area (Å²) in [4.78, 5) is 4.14. The van der Waals surface area contributed by atoms with Gasteiger partial charge >= 0.3 is 21.8 Å². The number of benzene rings is 1. The molecule has 2 heterocycles. The van der Waals surface area contributed by atoms with E-state index in [1.165, 1.54) is 12.1 Å². The fraction of sp³-hybridized carbons (Fsp3) is 0.318. The smallest absolute Gasteiger partial charge is 0.374 e. The topological polar surface area (TPSA) is 82.0 Å². The van der Waals surface area contributed by atoms with E-state index < -0.39 is 38.7 Å².